The molecule has 114 valence electrons. The molecule has 1 saturated carbocycles. The van der Waals surface area contributed by atoms with Crippen molar-refractivity contribution in [2.24, 2.45) is 5.92 Å². The molecular formula is C17H22O4. The minimum atomic E-state index is -0.889. The Morgan fingerprint density at radius 1 is 1.14 bits per heavy atom. The van der Waals surface area contributed by atoms with Gasteiger partial charge in [-0.2, -0.15) is 0 Å². The number of carboxylic acids is 1. The van der Waals surface area contributed by atoms with Gasteiger partial charge in [-0.15, -0.1) is 0 Å². The SMILES string of the molecule is CCOC(=O)CC1CCC(c2ccc(C(=O)O)cc2)CC1. The molecule has 1 fully saturated rings. The van der Waals surface area contributed by atoms with Gasteiger partial charge in [0.2, 0.25) is 0 Å². The second-order valence-corrected chi connectivity index (χ2v) is 5.65. The van der Waals surface area contributed by atoms with Gasteiger partial charge in [0, 0.05) is 6.42 Å². The minimum Gasteiger partial charge on any atom is -0.478 e. The average molecular weight is 290 g/mol. The highest BCUT2D eigenvalue weighted by Gasteiger charge is 2.24. The normalized spacial score (nSPS) is 21.8. The summed E-state index contributed by atoms with van der Waals surface area (Å²) in [5.41, 5.74) is 1.53. The summed E-state index contributed by atoms with van der Waals surface area (Å²) in [6.45, 7) is 2.28. The molecule has 4 heteroatoms. The summed E-state index contributed by atoms with van der Waals surface area (Å²) in [6.07, 6.45) is 4.69. The van der Waals surface area contributed by atoms with Gasteiger partial charge in [0.1, 0.15) is 0 Å². The van der Waals surface area contributed by atoms with Crippen molar-refractivity contribution < 1.29 is 19.4 Å². The number of benzene rings is 1. The van der Waals surface area contributed by atoms with Gasteiger partial charge in [0.05, 0.1) is 12.2 Å². The molecule has 0 aromatic heterocycles. The number of esters is 1. The monoisotopic (exact) mass is 290 g/mol. The summed E-state index contributed by atoms with van der Waals surface area (Å²) in [6, 6.07) is 7.17. The number of rotatable bonds is 5. The van der Waals surface area contributed by atoms with Crippen LogP contribution in [0.25, 0.3) is 0 Å². The van der Waals surface area contributed by atoms with Crippen LogP contribution in [0.15, 0.2) is 24.3 Å². The van der Waals surface area contributed by atoms with E-state index >= 15 is 0 Å². The zero-order valence-corrected chi connectivity index (χ0v) is 12.4. The van der Waals surface area contributed by atoms with Gasteiger partial charge in [-0.1, -0.05) is 12.1 Å². The number of hydrogen-bond donors (Lipinski definition) is 1. The fourth-order valence-electron chi connectivity index (χ4n) is 3.05. The van der Waals surface area contributed by atoms with E-state index in [-0.39, 0.29) is 5.97 Å². The molecule has 0 unspecified atom stereocenters. The van der Waals surface area contributed by atoms with Crippen molar-refractivity contribution in [1.29, 1.82) is 0 Å². The van der Waals surface area contributed by atoms with E-state index in [4.69, 9.17) is 9.84 Å². The zero-order valence-electron chi connectivity index (χ0n) is 12.4. The van der Waals surface area contributed by atoms with Crippen molar-refractivity contribution in [2.75, 3.05) is 6.61 Å². The lowest BCUT2D eigenvalue weighted by Gasteiger charge is -2.28. The van der Waals surface area contributed by atoms with E-state index < -0.39 is 5.97 Å². The maximum atomic E-state index is 11.5. The highest BCUT2D eigenvalue weighted by Crippen LogP contribution is 2.37. The molecule has 1 aromatic carbocycles. The summed E-state index contributed by atoms with van der Waals surface area (Å²) in [4.78, 5) is 22.3. The molecule has 0 aliphatic heterocycles. The molecule has 21 heavy (non-hydrogen) atoms. The van der Waals surface area contributed by atoms with E-state index in [0.29, 0.717) is 30.4 Å². The van der Waals surface area contributed by atoms with E-state index in [2.05, 4.69) is 0 Å². The molecule has 0 atom stereocenters. The average Bonchev–Trinajstić information content (AvgIpc) is 2.48. The maximum absolute atomic E-state index is 11.5. The molecule has 1 N–H and O–H groups in total. The first kappa shape index (κ1) is 15.5. The molecule has 0 spiro atoms. The molecule has 4 nitrogen and oxygen atoms in total. The summed E-state index contributed by atoms with van der Waals surface area (Å²) >= 11 is 0. The minimum absolute atomic E-state index is 0.0910. The Morgan fingerprint density at radius 2 is 1.76 bits per heavy atom. The third-order valence-corrected chi connectivity index (χ3v) is 4.24. The predicted octanol–water partition coefficient (Wildman–Crippen LogP) is 3.61. The van der Waals surface area contributed by atoms with Crippen LogP contribution in [0.2, 0.25) is 0 Å². The smallest absolute Gasteiger partial charge is 0.335 e. The van der Waals surface area contributed by atoms with Crippen LogP contribution in [0.5, 0.6) is 0 Å². The number of aromatic carboxylic acids is 1. The van der Waals surface area contributed by atoms with Gasteiger partial charge in [-0.3, -0.25) is 4.79 Å². The summed E-state index contributed by atoms with van der Waals surface area (Å²) in [5.74, 6) is -0.0728. The van der Waals surface area contributed by atoms with Crippen LogP contribution in [0, 0.1) is 5.92 Å². The van der Waals surface area contributed by atoms with Crippen LogP contribution in [0.4, 0.5) is 0 Å². The fraction of sp³-hybridized carbons (Fsp3) is 0.529. The van der Waals surface area contributed by atoms with E-state index in [0.717, 1.165) is 25.7 Å². The Kier molecular flexibility index (Phi) is 5.37. The second-order valence-electron chi connectivity index (χ2n) is 5.65. The van der Waals surface area contributed by atoms with Crippen molar-refractivity contribution in [1.82, 2.24) is 0 Å². The molecule has 0 bridgehead atoms. The largest absolute Gasteiger partial charge is 0.478 e. The fourth-order valence-corrected chi connectivity index (χ4v) is 3.05. The van der Waals surface area contributed by atoms with E-state index in [9.17, 15) is 9.59 Å². The van der Waals surface area contributed by atoms with Crippen molar-refractivity contribution in [2.45, 2.75) is 44.9 Å². The van der Waals surface area contributed by atoms with Gasteiger partial charge in [-0.25, -0.2) is 4.79 Å². The van der Waals surface area contributed by atoms with Crippen LogP contribution in [0.1, 0.15) is 60.9 Å². The Balaban J connectivity index is 1.86. The van der Waals surface area contributed by atoms with Crippen LogP contribution >= 0.6 is 0 Å². The Bertz CT molecular complexity index is 484. The van der Waals surface area contributed by atoms with Gasteiger partial charge in [0.15, 0.2) is 0 Å². The molecule has 1 aliphatic carbocycles. The van der Waals surface area contributed by atoms with Crippen LogP contribution in [-0.4, -0.2) is 23.7 Å². The van der Waals surface area contributed by atoms with Gasteiger partial charge in [-0.05, 0) is 62.1 Å². The Morgan fingerprint density at radius 3 is 2.29 bits per heavy atom. The van der Waals surface area contributed by atoms with Gasteiger partial charge < -0.3 is 9.84 Å². The quantitative estimate of drug-likeness (QED) is 0.841. The highest BCUT2D eigenvalue weighted by molar-refractivity contribution is 5.87. The molecule has 0 amide bonds. The zero-order chi connectivity index (χ0) is 15.2. The molecule has 1 aromatic rings. The number of carboxylic acid groups (broad SMARTS) is 1. The molecule has 0 heterocycles. The van der Waals surface area contributed by atoms with Crippen LogP contribution in [-0.2, 0) is 9.53 Å². The van der Waals surface area contributed by atoms with Crippen LogP contribution < -0.4 is 0 Å². The van der Waals surface area contributed by atoms with Gasteiger partial charge in [0.25, 0.3) is 0 Å². The van der Waals surface area contributed by atoms with Crippen molar-refractivity contribution >= 4 is 11.9 Å². The topological polar surface area (TPSA) is 63.6 Å². The lowest BCUT2D eigenvalue weighted by atomic mass is 9.77. The van der Waals surface area contributed by atoms with E-state index in [1.807, 2.05) is 19.1 Å². The van der Waals surface area contributed by atoms with Gasteiger partial charge >= 0.3 is 11.9 Å². The molecule has 0 radical (unpaired) electrons. The summed E-state index contributed by atoms with van der Waals surface area (Å²) < 4.78 is 5.00. The van der Waals surface area contributed by atoms with Crippen molar-refractivity contribution in [3.05, 3.63) is 35.4 Å². The second kappa shape index (κ2) is 7.25. The van der Waals surface area contributed by atoms with E-state index in [1.165, 1.54) is 5.56 Å². The summed E-state index contributed by atoms with van der Waals surface area (Å²) in [7, 11) is 0. The third kappa shape index (κ3) is 4.31. The third-order valence-electron chi connectivity index (χ3n) is 4.24. The molecule has 0 saturated heterocycles. The van der Waals surface area contributed by atoms with Crippen molar-refractivity contribution in [3.8, 4) is 0 Å². The lowest BCUT2D eigenvalue weighted by Crippen LogP contribution is -2.18. The molecule has 2 rings (SSSR count). The first-order chi connectivity index (χ1) is 10.1. The number of carbonyl (C=O) groups excluding carboxylic acids is 1. The Hall–Kier alpha value is -1.84. The standard InChI is InChI=1S/C17H22O4/c1-2-21-16(18)11-12-3-5-13(6-4-12)14-7-9-15(10-8-14)17(19)20/h7-10,12-13H,2-6,11H2,1H3,(H,19,20). The highest BCUT2D eigenvalue weighted by atomic mass is 16.5. The Labute approximate surface area is 125 Å². The molecular weight excluding hydrogens is 268 g/mol. The summed E-state index contributed by atoms with van der Waals surface area (Å²) in [5, 5.41) is 8.90. The van der Waals surface area contributed by atoms with Crippen LogP contribution in [0.3, 0.4) is 0 Å². The first-order valence-corrected chi connectivity index (χ1v) is 7.59. The number of carbonyl (C=O) groups is 2. The molecule has 1 aliphatic rings. The number of ether oxygens (including phenoxy) is 1. The van der Waals surface area contributed by atoms with E-state index in [1.54, 1.807) is 12.1 Å². The lowest BCUT2D eigenvalue weighted by molar-refractivity contribution is -0.144. The number of hydrogen-bond acceptors (Lipinski definition) is 3. The van der Waals surface area contributed by atoms with Crippen molar-refractivity contribution in [3.63, 3.8) is 0 Å². The maximum Gasteiger partial charge on any atom is 0.335 e. The predicted molar refractivity (Wildman–Crippen MR) is 79.4 cm³/mol. The first-order valence-electron chi connectivity index (χ1n) is 7.59.